The normalized spacial score (nSPS) is 22.5. The average Bonchev–Trinajstić information content (AvgIpc) is 3.07. The molecule has 4 heterocycles. The third-order valence-corrected chi connectivity index (χ3v) is 7.02. The molecule has 0 saturated carbocycles. The van der Waals surface area contributed by atoms with Crippen LogP contribution >= 0.6 is 48.0 Å². The van der Waals surface area contributed by atoms with Crippen molar-refractivity contribution in [2.24, 2.45) is 5.92 Å². The molecule has 3 aromatic rings. The number of para-hydroxylation sites is 1. The van der Waals surface area contributed by atoms with E-state index in [4.69, 9.17) is 23.2 Å². The summed E-state index contributed by atoms with van der Waals surface area (Å²) in [5.41, 5.74) is 3.69. The van der Waals surface area contributed by atoms with Gasteiger partial charge in [0.05, 0.1) is 0 Å². The molecule has 30 heavy (non-hydrogen) atoms. The first-order valence-corrected chi connectivity index (χ1v) is 10.9. The van der Waals surface area contributed by atoms with Gasteiger partial charge in [-0.3, -0.25) is 0 Å². The SMILES string of the molecule is Cl.Cl.Clc1ccc(Cn2cc(CNC3CN4CCC3CC4)c3ccccc32)c(Cl)c1. The Morgan fingerprint density at radius 2 is 1.73 bits per heavy atom. The second-order valence-electron chi connectivity index (χ2n) is 8.16. The number of hydrogen-bond donors (Lipinski definition) is 1. The summed E-state index contributed by atoms with van der Waals surface area (Å²) >= 11 is 12.5. The van der Waals surface area contributed by atoms with Gasteiger partial charge in [-0.05, 0) is 61.2 Å². The number of aromatic nitrogens is 1. The highest BCUT2D eigenvalue weighted by molar-refractivity contribution is 6.35. The molecule has 3 aliphatic rings. The van der Waals surface area contributed by atoms with Gasteiger partial charge in [0.2, 0.25) is 0 Å². The highest BCUT2D eigenvalue weighted by Gasteiger charge is 2.33. The summed E-state index contributed by atoms with van der Waals surface area (Å²) < 4.78 is 2.30. The van der Waals surface area contributed by atoms with Crippen LogP contribution in [0.1, 0.15) is 24.0 Å². The van der Waals surface area contributed by atoms with Crippen molar-refractivity contribution in [3.8, 4) is 0 Å². The lowest BCUT2D eigenvalue weighted by molar-refractivity contribution is 0.0720. The standard InChI is InChI=1S/C23H25Cl2N3.2ClH/c24-19-6-5-17(21(25)11-19)13-28-14-18(20-3-1-2-4-23(20)28)12-26-22-15-27-9-7-16(22)8-10-27;;/h1-6,11,14,16,22,26H,7-10,12-13,15H2;2*1H. The summed E-state index contributed by atoms with van der Waals surface area (Å²) in [5.74, 6) is 0.839. The van der Waals surface area contributed by atoms with Gasteiger partial charge in [0.1, 0.15) is 0 Å². The molecule has 1 unspecified atom stereocenters. The number of halogens is 4. The lowest BCUT2D eigenvalue weighted by Gasteiger charge is -2.45. The molecule has 2 aromatic carbocycles. The first-order valence-electron chi connectivity index (χ1n) is 10.1. The van der Waals surface area contributed by atoms with E-state index in [2.05, 4.69) is 45.2 Å². The Bertz CT molecular complexity index is 995. The first kappa shape index (κ1) is 23.7. The average molecular weight is 487 g/mol. The minimum atomic E-state index is 0. The van der Waals surface area contributed by atoms with E-state index in [0.29, 0.717) is 11.1 Å². The van der Waals surface area contributed by atoms with E-state index < -0.39 is 0 Å². The van der Waals surface area contributed by atoms with Crippen molar-refractivity contribution in [1.29, 1.82) is 0 Å². The van der Waals surface area contributed by atoms with Crippen LogP contribution in [-0.4, -0.2) is 35.1 Å². The quantitative estimate of drug-likeness (QED) is 0.475. The molecular weight excluding hydrogens is 460 g/mol. The van der Waals surface area contributed by atoms with Crippen LogP contribution in [0.2, 0.25) is 10.0 Å². The Morgan fingerprint density at radius 3 is 2.43 bits per heavy atom. The predicted octanol–water partition coefficient (Wildman–Crippen LogP) is 6.02. The molecule has 1 atom stereocenters. The van der Waals surface area contributed by atoms with E-state index in [9.17, 15) is 0 Å². The molecular formula is C23H27Cl4N3. The number of nitrogens with one attached hydrogen (secondary N) is 1. The predicted molar refractivity (Wildman–Crippen MR) is 132 cm³/mol. The second kappa shape index (κ2) is 10.1. The van der Waals surface area contributed by atoms with Crippen molar-refractivity contribution < 1.29 is 0 Å². The maximum atomic E-state index is 6.42. The molecule has 0 amide bonds. The van der Waals surface area contributed by atoms with Crippen molar-refractivity contribution in [3.05, 3.63) is 69.8 Å². The van der Waals surface area contributed by atoms with Gasteiger partial charge in [-0.15, -0.1) is 24.8 Å². The van der Waals surface area contributed by atoms with Gasteiger partial charge in [-0.25, -0.2) is 0 Å². The zero-order valence-corrected chi connectivity index (χ0v) is 19.8. The summed E-state index contributed by atoms with van der Waals surface area (Å²) in [5, 5.41) is 6.57. The number of fused-ring (bicyclic) bond motifs is 4. The summed E-state index contributed by atoms with van der Waals surface area (Å²) in [6.07, 6.45) is 4.97. The largest absolute Gasteiger partial charge is 0.343 e. The molecule has 1 N–H and O–H groups in total. The Morgan fingerprint density at radius 1 is 0.967 bits per heavy atom. The molecule has 3 fully saturated rings. The second-order valence-corrected chi connectivity index (χ2v) is 9.00. The van der Waals surface area contributed by atoms with Gasteiger partial charge in [0.15, 0.2) is 0 Å². The third-order valence-electron chi connectivity index (χ3n) is 6.44. The monoisotopic (exact) mass is 485 g/mol. The Balaban J connectivity index is 0.00000128. The summed E-state index contributed by atoms with van der Waals surface area (Å²) in [6, 6.07) is 15.0. The van der Waals surface area contributed by atoms with Gasteiger partial charge in [-0.2, -0.15) is 0 Å². The fourth-order valence-corrected chi connectivity index (χ4v) is 5.33. The van der Waals surface area contributed by atoms with Crippen LogP contribution in [0, 0.1) is 5.92 Å². The number of nitrogens with zero attached hydrogens (tertiary/aromatic N) is 2. The Labute approximate surface area is 200 Å². The summed E-state index contributed by atoms with van der Waals surface area (Å²) in [7, 11) is 0. The van der Waals surface area contributed by atoms with E-state index in [1.165, 1.54) is 48.9 Å². The molecule has 162 valence electrons. The fraction of sp³-hybridized carbons (Fsp3) is 0.391. The Hall–Kier alpha value is -0.940. The summed E-state index contributed by atoms with van der Waals surface area (Å²) in [4.78, 5) is 2.60. The molecule has 2 bridgehead atoms. The third kappa shape index (κ3) is 4.77. The minimum absolute atomic E-state index is 0. The minimum Gasteiger partial charge on any atom is -0.343 e. The van der Waals surface area contributed by atoms with Crippen molar-refractivity contribution in [3.63, 3.8) is 0 Å². The first-order chi connectivity index (χ1) is 13.7. The molecule has 3 saturated heterocycles. The highest BCUT2D eigenvalue weighted by atomic mass is 35.5. The Kier molecular flexibility index (Phi) is 8.00. The lowest BCUT2D eigenvalue weighted by atomic mass is 9.84. The van der Waals surface area contributed by atoms with Crippen LogP contribution in [0.25, 0.3) is 10.9 Å². The molecule has 3 nitrogen and oxygen atoms in total. The molecule has 0 spiro atoms. The number of rotatable bonds is 5. The van der Waals surface area contributed by atoms with Gasteiger partial charge < -0.3 is 14.8 Å². The topological polar surface area (TPSA) is 20.2 Å². The van der Waals surface area contributed by atoms with Crippen molar-refractivity contribution >= 4 is 58.9 Å². The van der Waals surface area contributed by atoms with Gasteiger partial charge in [-0.1, -0.05) is 47.5 Å². The van der Waals surface area contributed by atoms with Crippen LogP contribution in [0.15, 0.2) is 48.7 Å². The van der Waals surface area contributed by atoms with Crippen molar-refractivity contribution in [1.82, 2.24) is 14.8 Å². The van der Waals surface area contributed by atoms with Crippen LogP contribution in [-0.2, 0) is 13.1 Å². The highest BCUT2D eigenvalue weighted by Crippen LogP contribution is 2.29. The van der Waals surface area contributed by atoms with Crippen LogP contribution in [0.5, 0.6) is 0 Å². The molecule has 0 radical (unpaired) electrons. The maximum absolute atomic E-state index is 6.42. The van der Waals surface area contributed by atoms with Crippen LogP contribution in [0.4, 0.5) is 0 Å². The van der Waals surface area contributed by atoms with E-state index in [1.54, 1.807) is 0 Å². The summed E-state index contributed by atoms with van der Waals surface area (Å²) in [6.45, 7) is 5.42. The van der Waals surface area contributed by atoms with Gasteiger partial charge in [0, 0.05) is 52.8 Å². The van der Waals surface area contributed by atoms with Gasteiger partial charge >= 0.3 is 0 Å². The van der Waals surface area contributed by atoms with E-state index in [-0.39, 0.29) is 24.8 Å². The zero-order chi connectivity index (χ0) is 19.1. The van der Waals surface area contributed by atoms with Crippen LogP contribution in [0.3, 0.4) is 0 Å². The van der Waals surface area contributed by atoms with E-state index >= 15 is 0 Å². The molecule has 7 heteroatoms. The molecule has 0 aliphatic carbocycles. The smallest absolute Gasteiger partial charge is 0.0491 e. The van der Waals surface area contributed by atoms with Crippen molar-refractivity contribution in [2.45, 2.75) is 32.0 Å². The number of hydrogen-bond acceptors (Lipinski definition) is 2. The van der Waals surface area contributed by atoms with E-state index in [1.807, 2.05) is 18.2 Å². The lowest BCUT2D eigenvalue weighted by Crippen LogP contribution is -2.55. The van der Waals surface area contributed by atoms with E-state index in [0.717, 1.165) is 29.6 Å². The molecule has 1 aromatic heterocycles. The van der Waals surface area contributed by atoms with Gasteiger partial charge in [0.25, 0.3) is 0 Å². The maximum Gasteiger partial charge on any atom is 0.0491 e. The van der Waals surface area contributed by atoms with Crippen LogP contribution < -0.4 is 5.32 Å². The fourth-order valence-electron chi connectivity index (χ4n) is 4.87. The number of piperidine rings is 3. The van der Waals surface area contributed by atoms with Crippen molar-refractivity contribution in [2.75, 3.05) is 19.6 Å². The molecule has 3 aliphatic heterocycles. The molecule has 6 rings (SSSR count). The number of benzene rings is 2. The zero-order valence-electron chi connectivity index (χ0n) is 16.7.